The van der Waals surface area contributed by atoms with E-state index in [4.69, 9.17) is 4.98 Å². The number of pyridine rings is 1. The van der Waals surface area contributed by atoms with Gasteiger partial charge in [0, 0.05) is 42.5 Å². The van der Waals surface area contributed by atoms with Gasteiger partial charge in [0.15, 0.2) is 5.65 Å². The zero-order chi connectivity index (χ0) is 22.3. The average molecular weight is 444 g/mol. The fraction of sp³-hybridized carbons (Fsp3) is 0.417. The van der Waals surface area contributed by atoms with Crippen molar-refractivity contribution in [3.63, 3.8) is 0 Å². The Morgan fingerprint density at radius 3 is 2.85 bits per heavy atom. The summed E-state index contributed by atoms with van der Waals surface area (Å²) >= 11 is 0. The maximum atomic E-state index is 13.2. The maximum Gasteiger partial charge on any atom is 0.257 e. The molecule has 0 spiro atoms. The molecule has 9 nitrogen and oxygen atoms in total. The summed E-state index contributed by atoms with van der Waals surface area (Å²) in [5.74, 6) is 0.821. The predicted molar refractivity (Wildman–Crippen MR) is 123 cm³/mol. The summed E-state index contributed by atoms with van der Waals surface area (Å²) in [6.45, 7) is 0. The van der Waals surface area contributed by atoms with E-state index >= 15 is 0 Å². The molecule has 4 heterocycles. The molecule has 1 unspecified atom stereocenters. The van der Waals surface area contributed by atoms with Crippen LogP contribution in [-0.4, -0.2) is 53.9 Å². The number of rotatable bonds is 5. The molecule has 0 aromatic carbocycles. The molecule has 3 atom stereocenters. The lowest BCUT2D eigenvalue weighted by Crippen LogP contribution is -2.43. The second-order valence-corrected chi connectivity index (χ2v) is 9.62. The van der Waals surface area contributed by atoms with E-state index < -0.39 is 5.60 Å². The molecule has 0 aliphatic heterocycles. The van der Waals surface area contributed by atoms with Crippen LogP contribution in [-0.2, 0) is 0 Å². The number of fused-ring (bicyclic) bond motifs is 3. The Morgan fingerprint density at radius 1 is 1.24 bits per heavy atom. The maximum absolute atomic E-state index is 13.2. The summed E-state index contributed by atoms with van der Waals surface area (Å²) in [4.78, 5) is 22.7. The summed E-state index contributed by atoms with van der Waals surface area (Å²) in [6, 6.07) is 6.24. The topological polar surface area (TPSA) is 109 Å². The third kappa shape index (κ3) is 2.75. The van der Waals surface area contributed by atoms with Gasteiger partial charge in [-0.25, -0.2) is 9.97 Å². The molecule has 4 aromatic heterocycles. The highest BCUT2D eigenvalue weighted by Crippen LogP contribution is 2.55. The van der Waals surface area contributed by atoms with Crippen molar-refractivity contribution in [2.45, 2.75) is 49.8 Å². The molecule has 3 saturated carbocycles. The third-order valence-electron chi connectivity index (χ3n) is 7.61. The summed E-state index contributed by atoms with van der Waals surface area (Å²) in [5.41, 5.74) is 2.88. The minimum absolute atomic E-state index is 0.209. The van der Waals surface area contributed by atoms with Gasteiger partial charge in [0.25, 0.3) is 5.91 Å². The predicted octanol–water partition coefficient (Wildman–Crippen LogP) is 2.77. The number of hydrogen-bond acceptors (Lipinski definition) is 6. The van der Waals surface area contributed by atoms with Gasteiger partial charge in [-0.3, -0.25) is 4.79 Å². The van der Waals surface area contributed by atoms with E-state index in [1.807, 2.05) is 25.4 Å². The van der Waals surface area contributed by atoms with E-state index in [2.05, 4.69) is 37.5 Å². The summed E-state index contributed by atoms with van der Waals surface area (Å²) < 4.78 is 3.90. The summed E-state index contributed by atoms with van der Waals surface area (Å²) in [6.07, 6.45) is 10.4. The average Bonchev–Trinajstić information content (AvgIpc) is 3.66. The lowest BCUT2D eigenvalue weighted by molar-refractivity contribution is 0.0790. The zero-order valence-electron chi connectivity index (χ0n) is 18.3. The Hall–Kier alpha value is -3.46. The van der Waals surface area contributed by atoms with Crippen molar-refractivity contribution in [3.05, 3.63) is 42.4 Å². The van der Waals surface area contributed by atoms with Crippen molar-refractivity contribution < 1.29 is 9.90 Å². The molecule has 7 rings (SSSR count). The van der Waals surface area contributed by atoms with Crippen LogP contribution in [0.5, 0.6) is 0 Å². The molecule has 3 N–H and O–H groups in total. The number of carbonyl (C=O) groups is 1. The number of aliphatic hydroxyl groups is 1. The van der Waals surface area contributed by atoms with E-state index in [-0.39, 0.29) is 11.9 Å². The first-order valence-electron chi connectivity index (χ1n) is 11.6. The number of carbonyl (C=O) groups excluding carboxylic acids is 1. The first-order valence-corrected chi connectivity index (χ1v) is 11.6. The Morgan fingerprint density at radius 2 is 2.12 bits per heavy atom. The number of amides is 1. The Bertz CT molecular complexity index is 1430. The van der Waals surface area contributed by atoms with E-state index in [0.717, 1.165) is 60.2 Å². The van der Waals surface area contributed by atoms with Crippen LogP contribution in [0.2, 0.25) is 0 Å². The van der Waals surface area contributed by atoms with Gasteiger partial charge in [-0.2, -0.15) is 9.61 Å². The van der Waals surface area contributed by atoms with Crippen LogP contribution in [0, 0.1) is 5.92 Å². The second kappa shape index (κ2) is 6.54. The molecule has 0 radical (unpaired) electrons. The number of hydrogen-bond donors (Lipinski definition) is 3. The number of aromatic nitrogens is 5. The van der Waals surface area contributed by atoms with Gasteiger partial charge in [0.05, 0.1) is 23.5 Å². The number of nitrogens with zero attached hydrogens (tertiary/aromatic N) is 5. The minimum Gasteiger partial charge on any atom is -0.387 e. The van der Waals surface area contributed by atoms with Crippen molar-refractivity contribution in [3.8, 4) is 11.3 Å². The fourth-order valence-electron chi connectivity index (χ4n) is 5.52. The van der Waals surface area contributed by atoms with Crippen molar-refractivity contribution in [2.75, 3.05) is 12.4 Å². The lowest BCUT2D eigenvalue weighted by atomic mass is 10.1. The van der Waals surface area contributed by atoms with E-state index in [9.17, 15) is 9.90 Å². The van der Waals surface area contributed by atoms with Gasteiger partial charge in [0.1, 0.15) is 17.0 Å². The standard InChI is InChI=1S/C24H25N7O2/c1-25-20-9-18(17-12-30(14-5-6-14)21-15(17)3-2-8-26-21)28-22-16(11-27-31(20)22)23(32)29-19-7-4-13-10-24(13,19)33/h2-3,8-9,11-14,19,25,33H,4-7,10H2,1H3,(H,29,32)/t13?,19-,24-/m0/s1. The molecule has 0 saturated heterocycles. The van der Waals surface area contributed by atoms with Crippen molar-refractivity contribution >= 4 is 28.4 Å². The monoisotopic (exact) mass is 443 g/mol. The quantitative estimate of drug-likeness (QED) is 0.438. The summed E-state index contributed by atoms with van der Waals surface area (Å²) in [5, 5.41) is 22.3. The molecular weight excluding hydrogens is 418 g/mol. The molecule has 168 valence electrons. The Kier molecular flexibility index (Phi) is 3.77. The van der Waals surface area contributed by atoms with Crippen molar-refractivity contribution in [1.82, 2.24) is 29.5 Å². The lowest BCUT2D eigenvalue weighted by Gasteiger charge is -2.19. The van der Waals surface area contributed by atoms with Crippen LogP contribution < -0.4 is 10.6 Å². The molecule has 1 amide bonds. The Balaban J connectivity index is 1.33. The second-order valence-electron chi connectivity index (χ2n) is 9.62. The smallest absolute Gasteiger partial charge is 0.257 e. The highest BCUT2D eigenvalue weighted by Gasteiger charge is 2.62. The van der Waals surface area contributed by atoms with Gasteiger partial charge in [-0.1, -0.05) is 0 Å². The molecule has 4 aromatic rings. The molecule has 3 aliphatic rings. The minimum atomic E-state index is -0.731. The van der Waals surface area contributed by atoms with Crippen LogP contribution in [0.3, 0.4) is 0 Å². The van der Waals surface area contributed by atoms with Gasteiger partial charge in [-0.15, -0.1) is 0 Å². The fourth-order valence-corrected chi connectivity index (χ4v) is 5.52. The molecule has 0 bridgehead atoms. The first kappa shape index (κ1) is 19.0. The Labute approximate surface area is 189 Å². The zero-order valence-corrected chi connectivity index (χ0v) is 18.3. The number of anilines is 1. The molecule has 33 heavy (non-hydrogen) atoms. The highest BCUT2D eigenvalue weighted by molar-refractivity contribution is 6.01. The van der Waals surface area contributed by atoms with E-state index in [1.165, 1.54) is 0 Å². The van der Waals surface area contributed by atoms with Crippen LogP contribution in [0.15, 0.2) is 36.8 Å². The molecule has 3 aliphatic carbocycles. The van der Waals surface area contributed by atoms with Crippen LogP contribution in [0.25, 0.3) is 27.9 Å². The van der Waals surface area contributed by atoms with Crippen molar-refractivity contribution in [2.24, 2.45) is 5.92 Å². The van der Waals surface area contributed by atoms with E-state index in [0.29, 0.717) is 23.2 Å². The normalized spacial score (nSPS) is 26.0. The van der Waals surface area contributed by atoms with Crippen molar-refractivity contribution in [1.29, 1.82) is 0 Å². The third-order valence-corrected chi connectivity index (χ3v) is 7.61. The van der Waals surface area contributed by atoms with Gasteiger partial charge in [0.2, 0.25) is 0 Å². The SMILES string of the molecule is CNc1cc(-c2cn(C3CC3)c3ncccc23)nc2c(C(=O)N[C@H]3CCC4C[C@]43O)cnn12. The van der Waals surface area contributed by atoms with Crippen LogP contribution >= 0.6 is 0 Å². The summed E-state index contributed by atoms with van der Waals surface area (Å²) in [7, 11) is 1.83. The molecule has 3 fully saturated rings. The molecular formula is C24H25N7O2. The van der Waals surface area contributed by atoms with Crippen LogP contribution in [0.4, 0.5) is 5.82 Å². The van der Waals surface area contributed by atoms with E-state index in [1.54, 1.807) is 10.7 Å². The first-order chi connectivity index (χ1) is 16.1. The largest absolute Gasteiger partial charge is 0.387 e. The number of nitrogens with one attached hydrogen (secondary N) is 2. The highest BCUT2D eigenvalue weighted by atomic mass is 16.3. The van der Waals surface area contributed by atoms with Gasteiger partial charge < -0.3 is 20.3 Å². The van der Waals surface area contributed by atoms with Gasteiger partial charge in [-0.05, 0) is 50.2 Å². The van der Waals surface area contributed by atoms with Gasteiger partial charge >= 0.3 is 0 Å². The van der Waals surface area contributed by atoms with Crippen LogP contribution in [0.1, 0.15) is 48.5 Å². The molecule has 9 heteroatoms.